The molecule has 0 aromatic heterocycles. The summed E-state index contributed by atoms with van der Waals surface area (Å²) < 4.78 is 22.6. The molecule has 0 aliphatic carbocycles. The predicted molar refractivity (Wildman–Crippen MR) is 81.3 cm³/mol. The lowest BCUT2D eigenvalue weighted by Gasteiger charge is -2.22. The normalized spacial score (nSPS) is 10.0. The van der Waals surface area contributed by atoms with Crippen LogP contribution in [0.2, 0.25) is 0 Å². The highest BCUT2D eigenvalue weighted by molar-refractivity contribution is 6.03. The summed E-state index contributed by atoms with van der Waals surface area (Å²) >= 11 is 0. The van der Waals surface area contributed by atoms with Crippen LogP contribution in [0.1, 0.15) is 26.7 Å². The number of esters is 2. The van der Waals surface area contributed by atoms with Crippen LogP contribution in [0.25, 0.3) is 0 Å². The Bertz CT molecular complexity index is 544. The van der Waals surface area contributed by atoms with Crippen molar-refractivity contribution in [3.05, 3.63) is 30.1 Å². The molecule has 0 aliphatic heterocycles. The van der Waals surface area contributed by atoms with Crippen LogP contribution in [0.15, 0.2) is 24.3 Å². The summed E-state index contributed by atoms with van der Waals surface area (Å²) in [5.74, 6) is -2.08. The van der Waals surface area contributed by atoms with Gasteiger partial charge in [0, 0.05) is 12.2 Å². The number of halogens is 1. The quantitative estimate of drug-likeness (QED) is 0.540. The Morgan fingerprint density at radius 1 is 1.00 bits per heavy atom. The molecule has 0 saturated carbocycles. The highest BCUT2D eigenvalue weighted by atomic mass is 19.1. The van der Waals surface area contributed by atoms with Crippen LogP contribution < -0.4 is 4.90 Å². The Hall–Kier alpha value is -2.44. The second-order valence-electron chi connectivity index (χ2n) is 4.56. The van der Waals surface area contributed by atoms with Crippen molar-refractivity contribution in [2.24, 2.45) is 0 Å². The van der Waals surface area contributed by atoms with E-state index in [1.807, 2.05) is 0 Å². The zero-order valence-electron chi connectivity index (χ0n) is 13.2. The summed E-state index contributed by atoms with van der Waals surface area (Å²) in [7, 11) is 0. The van der Waals surface area contributed by atoms with Crippen LogP contribution in [-0.2, 0) is 23.9 Å². The molecule has 0 aliphatic rings. The van der Waals surface area contributed by atoms with Crippen molar-refractivity contribution in [1.82, 2.24) is 0 Å². The van der Waals surface area contributed by atoms with Gasteiger partial charge in [0.25, 0.3) is 0 Å². The van der Waals surface area contributed by atoms with Crippen molar-refractivity contribution >= 4 is 23.5 Å². The number of carbonyl (C=O) groups is 3. The van der Waals surface area contributed by atoms with E-state index in [1.54, 1.807) is 13.8 Å². The van der Waals surface area contributed by atoms with Crippen molar-refractivity contribution in [3.8, 4) is 0 Å². The van der Waals surface area contributed by atoms with E-state index in [2.05, 4.69) is 0 Å². The Morgan fingerprint density at radius 2 is 1.57 bits per heavy atom. The molecule has 1 aromatic carbocycles. The van der Waals surface area contributed by atoms with Crippen molar-refractivity contribution in [2.75, 3.05) is 24.7 Å². The topological polar surface area (TPSA) is 72.9 Å². The standard InChI is InChI=1S/C16H20FNO5/c1-3-22-15(20)9-10-18(13-7-5-12(17)6-8-13)14(19)11-16(21)23-4-2/h5-8H,3-4,9-11H2,1-2H3. The average Bonchev–Trinajstić information content (AvgIpc) is 2.49. The van der Waals surface area contributed by atoms with E-state index in [4.69, 9.17) is 9.47 Å². The lowest BCUT2D eigenvalue weighted by Crippen LogP contribution is -2.35. The van der Waals surface area contributed by atoms with Gasteiger partial charge in [-0.2, -0.15) is 0 Å². The minimum Gasteiger partial charge on any atom is -0.466 e. The minimum absolute atomic E-state index is 0.0280. The minimum atomic E-state index is -0.652. The van der Waals surface area contributed by atoms with Crippen molar-refractivity contribution < 1.29 is 28.2 Å². The van der Waals surface area contributed by atoms with Gasteiger partial charge in [0.15, 0.2) is 0 Å². The summed E-state index contributed by atoms with van der Waals surface area (Å²) in [5, 5.41) is 0. The fourth-order valence-electron chi connectivity index (χ4n) is 1.89. The van der Waals surface area contributed by atoms with Crippen molar-refractivity contribution in [3.63, 3.8) is 0 Å². The second-order valence-corrected chi connectivity index (χ2v) is 4.56. The second kappa shape index (κ2) is 9.55. The van der Waals surface area contributed by atoms with Gasteiger partial charge in [0.1, 0.15) is 12.2 Å². The Kier molecular flexibility index (Phi) is 7.73. The fraction of sp³-hybridized carbons (Fsp3) is 0.438. The molecule has 1 rings (SSSR count). The first kappa shape index (κ1) is 18.6. The van der Waals surface area contributed by atoms with E-state index in [0.29, 0.717) is 5.69 Å². The van der Waals surface area contributed by atoms with Gasteiger partial charge >= 0.3 is 11.9 Å². The van der Waals surface area contributed by atoms with Crippen LogP contribution in [0, 0.1) is 5.82 Å². The SMILES string of the molecule is CCOC(=O)CCN(C(=O)CC(=O)OCC)c1ccc(F)cc1. The molecule has 0 spiro atoms. The van der Waals surface area contributed by atoms with Gasteiger partial charge in [-0.1, -0.05) is 0 Å². The number of anilines is 1. The molecule has 126 valence electrons. The third kappa shape index (κ3) is 6.46. The first-order valence-corrected chi connectivity index (χ1v) is 7.35. The van der Waals surface area contributed by atoms with E-state index >= 15 is 0 Å². The largest absolute Gasteiger partial charge is 0.466 e. The Morgan fingerprint density at radius 3 is 2.13 bits per heavy atom. The number of benzene rings is 1. The third-order valence-corrected chi connectivity index (χ3v) is 2.89. The molecular formula is C16H20FNO5. The van der Waals surface area contributed by atoms with Gasteiger partial charge < -0.3 is 14.4 Å². The zero-order chi connectivity index (χ0) is 17.2. The lowest BCUT2D eigenvalue weighted by molar-refractivity contribution is -0.145. The predicted octanol–water partition coefficient (Wildman–Crippen LogP) is 2.07. The number of amides is 1. The molecule has 1 aromatic rings. The molecule has 0 radical (unpaired) electrons. The van der Waals surface area contributed by atoms with Gasteiger partial charge in [-0.05, 0) is 38.1 Å². The summed E-state index contributed by atoms with van der Waals surface area (Å²) in [4.78, 5) is 36.4. The Labute approximate surface area is 134 Å². The smallest absolute Gasteiger partial charge is 0.315 e. The molecule has 0 saturated heterocycles. The molecule has 6 nitrogen and oxygen atoms in total. The van der Waals surface area contributed by atoms with Gasteiger partial charge in [0.2, 0.25) is 5.91 Å². The molecule has 0 heterocycles. The van der Waals surface area contributed by atoms with Crippen LogP contribution in [0.4, 0.5) is 10.1 Å². The molecule has 7 heteroatoms. The van der Waals surface area contributed by atoms with Crippen LogP contribution in [0.3, 0.4) is 0 Å². The van der Waals surface area contributed by atoms with E-state index < -0.39 is 30.1 Å². The molecule has 0 atom stereocenters. The first-order chi connectivity index (χ1) is 11.0. The maximum absolute atomic E-state index is 13.0. The molecule has 23 heavy (non-hydrogen) atoms. The number of hydrogen-bond donors (Lipinski definition) is 0. The van der Waals surface area contributed by atoms with E-state index in [-0.39, 0.29) is 26.2 Å². The maximum atomic E-state index is 13.0. The number of ether oxygens (including phenoxy) is 2. The van der Waals surface area contributed by atoms with Crippen LogP contribution >= 0.6 is 0 Å². The number of rotatable bonds is 8. The van der Waals surface area contributed by atoms with E-state index in [9.17, 15) is 18.8 Å². The maximum Gasteiger partial charge on any atom is 0.315 e. The molecule has 1 amide bonds. The molecule has 0 bridgehead atoms. The fourth-order valence-corrected chi connectivity index (χ4v) is 1.89. The van der Waals surface area contributed by atoms with E-state index in [1.165, 1.54) is 29.2 Å². The third-order valence-electron chi connectivity index (χ3n) is 2.89. The molecular weight excluding hydrogens is 305 g/mol. The van der Waals surface area contributed by atoms with Gasteiger partial charge in [0.05, 0.1) is 19.6 Å². The van der Waals surface area contributed by atoms with E-state index in [0.717, 1.165) is 0 Å². The monoisotopic (exact) mass is 325 g/mol. The Balaban J connectivity index is 2.83. The van der Waals surface area contributed by atoms with Crippen molar-refractivity contribution in [2.45, 2.75) is 26.7 Å². The summed E-state index contributed by atoms with van der Waals surface area (Å²) in [6.45, 7) is 3.77. The number of hydrogen-bond acceptors (Lipinski definition) is 5. The summed E-state index contributed by atoms with van der Waals surface area (Å²) in [6, 6.07) is 5.21. The van der Waals surface area contributed by atoms with Crippen molar-refractivity contribution in [1.29, 1.82) is 0 Å². The van der Waals surface area contributed by atoms with Gasteiger partial charge in [-0.15, -0.1) is 0 Å². The van der Waals surface area contributed by atoms with Gasteiger partial charge in [-0.3, -0.25) is 14.4 Å². The number of nitrogens with zero attached hydrogens (tertiary/aromatic N) is 1. The van der Waals surface area contributed by atoms with Crippen LogP contribution in [0.5, 0.6) is 0 Å². The summed E-state index contributed by atoms with van der Waals surface area (Å²) in [5.41, 5.74) is 0.394. The molecule has 0 fully saturated rings. The highest BCUT2D eigenvalue weighted by Gasteiger charge is 2.21. The lowest BCUT2D eigenvalue weighted by atomic mass is 10.2. The van der Waals surface area contributed by atoms with Gasteiger partial charge in [-0.25, -0.2) is 4.39 Å². The number of carbonyl (C=O) groups excluding carboxylic acids is 3. The molecule has 0 N–H and O–H groups in total. The highest BCUT2D eigenvalue weighted by Crippen LogP contribution is 2.17. The summed E-state index contributed by atoms with van der Waals surface area (Å²) in [6.07, 6.45) is -0.478. The first-order valence-electron chi connectivity index (χ1n) is 7.35. The zero-order valence-corrected chi connectivity index (χ0v) is 13.2. The van der Waals surface area contributed by atoms with Crippen LogP contribution in [-0.4, -0.2) is 37.6 Å². The molecule has 0 unspecified atom stereocenters. The average molecular weight is 325 g/mol.